The van der Waals surface area contributed by atoms with Crippen LogP contribution in [0.3, 0.4) is 0 Å². The molecule has 2 nitrogen and oxygen atoms in total. The molecular weight excluding hydrogens is 158 g/mol. The van der Waals surface area contributed by atoms with Crippen molar-refractivity contribution < 1.29 is 4.79 Å². The van der Waals surface area contributed by atoms with Gasteiger partial charge in [0.1, 0.15) is 0 Å². The first kappa shape index (κ1) is 10.6. The first-order valence-corrected chi connectivity index (χ1v) is 4.78. The molecule has 64 valence electrons. The molecule has 0 saturated heterocycles. The van der Waals surface area contributed by atoms with E-state index in [0.29, 0.717) is 4.91 Å². The lowest BCUT2D eigenvalue weighted by atomic mass is 10.3. The Hall–Kier alpha value is -0.440. The van der Waals surface area contributed by atoms with Gasteiger partial charge in [0.05, 0.1) is 4.91 Å². The lowest BCUT2D eigenvalue weighted by Gasteiger charge is -1.99. The SMILES string of the molecule is C=C(SCCCCC)C(N)=O. The Labute approximate surface area is 72.2 Å². The molecular formula is C8H15NOS. The molecule has 3 heteroatoms. The maximum Gasteiger partial charge on any atom is 0.254 e. The first-order chi connectivity index (χ1) is 5.18. The van der Waals surface area contributed by atoms with Crippen LogP contribution in [-0.2, 0) is 4.79 Å². The van der Waals surface area contributed by atoms with Crippen molar-refractivity contribution in [1.82, 2.24) is 0 Å². The maximum absolute atomic E-state index is 10.5. The van der Waals surface area contributed by atoms with E-state index < -0.39 is 5.91 Å². The average Bonchev–Trinajstić information content (AvgIpc) is 1.97. The van der Waals surface area contributed by atoms with Crippen molar-refractivity contribution in [2.75, 3.05) is 5.75 Å². The van der Waals surface area contributed by atoms with Crippen LogP contribution in [0, 0.1) is 0 Å². The third-order valence-corrected chi connectivity index (χ3v) is 2.34. The van der Waals surface area contributed by atoms with E-state index in [9.17, 15) is 4.79 Å². The van der Waals surface area contributed by atoms with Crippen molar-refractivity contribution in [2.45, 2.75) is 26.2 Å². The van der Waals surface area contributed by atoms with Crippen molar-refractivity contribution in [2.24, 2.45) is 5.73 Å². The monoisotopic (exact) mass is 173 g/mol. The topological polar surface area (TPSA) is 43.1 Å². The second kappa shape index (κ2) is 6.28. The number of nitrogens with two attached hydrogens (primary N) is 1. The quantitative estimate of drug-likeness (QED) is 0.492. The number of rotatable bonds is 6. The molecule has 0 heterocycles. The highest BCUT2D eigenvalue weighted by atomic mass is 32.2. The lowest BCUT2D eigenvalue weighted by Crippen LogP contribution is -2.10. The fraction of sp³-hybridized carbons (Fsp3) is 0.625. The summed E-state index contributed by atoms with van der Waals surface area (Å²) < 4.78 is 0. The number of hydrogen-bond acceptors (Lipinski definition) is 2. The molecule has 0 aliphatic rings. The summed E-state index contributed by atoms with van der Waals surface area (Å²) >= 11 is 1.46. The van der Waals surface area contributed by atoms with Gasteiger partial charge in [-0.1, -0.05) is 26.3 Å². The standard InChI is InChI=1S/C8H15NOS/c1-3-4-5-6-11-7(2)8(9)10/h2-6H2,1H3,(H2,9,10). The second-order valence-electron chi connectivity index (χ2n) is 2.34. The van der Waals surface area contributed by atoms with Crippen LogP contribution in [0.15, 0.2) is 11.5 Å². The van der Waals surface area contributed by atoms with Crippen LogP contribution in [0.1, 0.15) is 26.2 Å². The molecule has 0 aromatic rings. The molecule has 0 spiro atoms. The van der Waals surface area contributed by atoms with Crippen molar-refractivity contribution in [3.63, 3.8) is 0 Å². The molecule has 0 aromatic carbocycles. The zero-order valence-electron chi connectivity index (χ0n) is 6.93. The van der Waals surface area contributed by atoms with Gasteiger partial charge < -0.3 is 5.73 Å². The number of carbonyl (C=O) groups is 1. The summed E-state index contributed by atoms with van der Waals surface area (Å²) in [5, 5.41) is 0. The number of thioether (sulfide) groups is 1. The van der Waals surface area contributed by atoms with Crippen LogP contribution < -0.4 is 5.73 Å². The van der Waals surface area contributed by atoms with Crippen LogP contribution in [-0.4, -0.2) is 11.7 Å². The summed E-state index contributed by atoms with van der Waals surface area (Å²) in [5.74, 6) is 0.557. The minimum Gasteiger partial charge on any atom is -0.365 e. The van der Waals surface area contributed by atoms with Crippen molar-refractivity contribution >= 4 is 17.7 Å². The molecule has 0 saturated carbocycles. The fourth-order valence-electron chi connectivity index (χ4n) is 0.619. The van der Waals surface area contributed by atoms with Gasteiger partial charge in [-0.2, -0.15) is 0 Å². The van der Waals surface area contributed by atoms with Gasteiger partial charge in [-0.05, 0) is 12.2 Å². The van der Waals surface area contributed by atoms with Gasteiger partial charge in [0, 0.05) is 0 Å². The summed E-state index contributed by atoms with van der Waals surface area (Å²) in [5.41, 5.74) is 4.99. The Kier molecular flexibility index (Phi) is 6.03. The van der Waals surface area contributed by atoms with Gasteiger partial charge in [-0.25, -0.2) is 0 Å². The largest absolute Gasteiger partial charge is 0.365 e. The van der Waals surface area contributed by atoms with E-state index in [4.69, 9.17) is 5.73 Å². The van der Waals surface area contributed by atoms with Crippen molar-refractivity contribution in [3.05, 3.63) is 11.5 Å². The minimum atomic E-state index is -0.397. The van der Waals surface area contributed by atoms with Gasteiger partial charge in [0.25, 0.3) is 5.91 Å². The highest BCUT2D eigenvalue weighted by Gasteiger charge is 2.00. The minimum absolute atomic E-state index is 0.397. The molecule has 0 atom stereocenters. The maximum atomic E-state index is 10.5. The van der Waals surface area contributed by atoms with Crippen molar-refractivity contribution in [3.8, 4) is 0 Å². The summed E-state index contributed by atoms with van der Waals surface area (Å²) in [6, 6.07) is 0. The molecule has 0 fully saturated rings. The van der Waals surface area contributed by atoms with E-state index in [0.717, 1.165) is 12.2 Å². The zero-order valence-corrected chi connectivity index (χ0v) is 7.75. The Morgan fingerprint density at radius 2 is 2.18 bits per heavy atom. The summed E-state index contributed by atoms with van der Waals surface area (Å²) in [7, 11) is 0. The number of amides is 1. The van der Waals surface area contributed by atoms with Gasteiger partial charge in [0.2, 0.25) is 0 Å². The Bertz CT molecular complexity index is 145. The van der Waals surface area contributed by atoms with E-state index in [-0.39, 0.29) is 0 Å². The Morgan fingerprint density at radius 1 is 1.55 bits per heavy atom. The van der Waals surface area contributed by atoms with Crippen LogP contribution in [0.2, 0.25) is 0 Å². The summed E-state index contributed by atoms with van der Waals surface area (Å²) in [4.78, 5) is 10.9. The Morgan fingerprint density at radius 3 is 2.64 bits per heavy atom. The second-order valence-corrected chi connectivity index (χ2v) is 3.53. The van der Waals surface area contributed by atoms with E-state index >= 15 is 0 Å². The smallest absolute Gasteiger partial charge is 0.254 e. The average molecular weight is 173 g/mol. The summed E-state index contributed by atoms with van der Waals surface area (Å²) in [6.07, 6.45) is 3.54. The molecule has 0 bridgehead atoms. The van der Waals surface area contributed by atoms with Crippen LogP contribution in [0.25, 0.3) is 0 Å². The van der Waals surface area contributed by atoms with Gasteiger partial charge in [-0.15, -0.1) is 11.8 Å². The summed E-state index contributed by atoms with van der Waals surface area (Å²) in [6.45, 7) is 5.69. The normalized spacial score (nSPS) is 9.55. The predicted octanol–water partition coefficient (Wildman–Crippen LogP) is 1.91. The lowest BCUT2D eigenvalue weighted by molar-refractivity contribution is -0.113. The molecule has 0 unspecified atom stereocenters. The predicted molar refractivity (Wildman–Crippen MR) is 50.3 cm³/mol. The van der Waals surface area contributed by atoms with E-state index in [1.54, 1.807) is 0 Å². The molecule has 0 radical (unpaired) electrons. The highest BCUT2D eigenvalue weighted by molar-refractivity contribution is 8.03. The molecule has 11 heavy (non-hydrogen) atoms. The van der Waals surface area contributed by atoms with Crippen molar-refractivity contribution in [1.29, 1.82) is 0 Å². The third-order valence-electron chi connectivity index (χ3n) is 1.30. The molecule has 2 N–H and O–H groups in total. The molecule has 0 aromatic heterocycles. The zero-order chi connectivity index (χ0) is 8.69. The molecule has 0 aliphatic heterocycles. The molecule has 0 aliphatic carbocycles. The van der Waals surface area contributed by atoms with E-state index in [1.807, 2.05) is 0 Å². The number of primary amides is 1. The van der Waals surface area contributed by atoms with Crippen LogP contribution in [0.4, 0.5) is 0 Å². The molecule has 1 amide bonds. The first-order valence-electron chi connectivity index (χ1n) is 3.80. The van der Waals surface area contributed by atoms with Gasteiger partial charge in [-0.3, -0.25) is 4.79 Å². The third kappa shape index (κ3) is 5.98. The fourth-order valence-corrected chi connectivity index (χ4v) is 1.36. The van der Waals surface area contributed by atoms with Crippen LogP contribution in [0.5, 0.6) is 0 Å². The van der Waals surface area contributed by atoms with Crippen LogP contribution >= 0.6 is 11.8 Å². The molecule has 0 rings (SSSR count). The highest BCUT2D eigenvalue weighted by Crippen LogP contribution is 2.14. The number of hydrogen-bond donors (Lipinski definition) is 1. The number of unbranched alkanes of at least 4 members (excludes halogenated alkanes) is 2. The van der Waals surface area contributed by atoms with E-state index in [2.05, 4.69) is 13.5 Å². The van der Waals surface area contributed by atoms with Gasteiger partial charge in [0.15, 0.2) is 0 Å². The number of carbonyl (C=O) groups excluding carboxylic acids is 1. The Balaban J connectivity index is 3.25. The van der Waals surface area contributed by atoms with Gasteiger partial charge >= 0.3 is 0 Å². The van der Waals surface area contributed by atoms with E-state index in [1.165, 1.54) is 24.6 Å².